The number of halogens is 4. The maximum Gasteiger partial charge on any atom is 0.153 e. The molecule has 4 rings (SSSR count). The van der Waals surface area contributed by atoms with Crippen molar-refractivity contribution in [2.75, 3.05) is 0 Å². The molecule has 1 unspecified atom stereocenters. The summed E-state index contributed by atoms with van der Waals surface area (Å²) in [5.41, 5.74) is 1.99. The summed E-state index contributed by atoms with van der Waals surface area (Å²) in [6, 6.07) is 10.1. The number of benzene rings is 3. The highest BCUT2D eigenvalue weighted by molar-refractivity contribution is 7.78. The Balaban J connectivity index is 1.61. The highest BCUT2D eigenvalue weighted by Gasteiger charge is 2.25. The van der Waals surface area contributed by atoms with E-state index in [1.165, 1.54) is 12.5 Å². The zero-order valence-electron chi connectivity index (χ0n) is 18.9. The van der Waals surface area contributed by atoms with Crippen LogP contribution in [0.25, 0.3) is 22.3 Å². The lowest BCUT2D eigenvalue weighted by molar-refractivity contribution is 0.399. The van der Waals surface area contributed by atoms with E-state index < -0.39 is 29.0 Å². The average molecular weight is 484 g/mol. The van der Waals surface area contributed by atoms with Gasteiger partial charge in [-0.1, -0.05) is 56.9 Å². The maximum atomic E-state index is 15.4. The molecule has 0 heterocycles. The van der Waals surface area contributed by atoms with Crippen LogP contribution in [0, 0.1) is 29.2 Å². The van der Waals surface area contributed by atoms with Crippen LogP contribution in [0.2, 0.25) is 0 Å². The zero-order chi connectivity index (χ0) is 24.2. The fourth-order valence-electron chi connectivity index (χ4n) is 4.83. The molecule has 0 spiro atoms. The van der Waals surface area contributed by atoms with Crippen molar-refractivity contribution in [3.8, 4) is 22.3 Å². The van der Waals surface area contributed by atoms with Gasteiger partial charge < -0.3 is 0 Å². The van der Waals surface area contributed by atoms with Gasteiger partial charge in [0.2, 0.25) is 0 Å². The summed E-state index contributed by atoms with van der Waals surface area (Å²) in [7, 11) is 0. The maximum absolute atomic E-state index is 15.4. The summed E-state index contributed by atoms with van der Waals surface area (Å²) in [6.07, 6.45) is 6.84. The van der Waals surface area contributed by atoms with Crippen molar-refractivity contribution in [1.29, 1.82) is 0 Å². The zero-order valence-corrected chi connectivity index (χ0v) is 19.8. The SMILES string of the molecule is CCCCCC1CCc2c(cc(F)c(-c3ccc(-c4cc(F)c(N=C=S)c(F)c4)cc3)c2F)C1. The third kappa shape index (κ3) is 4.98. The lowest BCUT2D eigenvalue weighted by Crippen LogP contribution is -2.17. The summed E-state index contributed by atoms with van der Waals surface area (Å²) in [5.74, 6) is -2.34. The Morgan fingerprint density at radius 3 is 2.24 bits per heavy atom. The quantitative estimate of drug-likeness (QED) is 0.141. The molecule has 0 amide bonds. The number of rotatable bonds is 7. The van der Waals surface area contributed by atoms with Crippen molar-refractivity contribution in [1.82, 2.24) is 0 Å². The highest BCUT2D eigenvalue weighted by atomic mass is 32.1. The summed E-state index contributed by atoms with van der Waals surface area (Å²) in [4.78, 5) is 3.40. The molecule has 1 aliphatic carbocycles. The van der Waals surface area contributed by atoms with Gasteiger partial charge in [0, 0.05) is 0 Å². The van der Waals surface area contributed by atoms with Crippen LogP contribution < -0.4 is 0 Å². The van der Waals surface area contributed by atoms with E-state index in [0.29, 0.717) is 35.4 Å². The Morgan fingerprint density at radius 2 is 1.59 bits per heavy atom. The van der Waals surface area contributed by atoms with Gasteiger partial charge in [-0.15, -0.1) is 0 Å². The lowest BCUT2D eigenvalue weighted by Gasteiger charge is -2.26. The Labute approximate surface area is 202 Å². The summed E-state index contributed by atoms with van der Waals surface area (Å²) >= 11 is 4.41. The van der Waals surface area contributed by atoms with Gasteiger partial charge in [0.15, 0.2) is 11.6 Å². The van der Waals surface area contributed by atoms with Crippen LogP contribution in [-0.2, 0) is 12.8 Å². The Bertz CT molecular complexity index is 1220. The standard InChI is InChI=1S/C28H25F4NS/c1-2-3-4-5-17-6-11-22-21(12-17)15-23(29)26(27(22)32)19-9-7-18(8-10-19)20-13-24(30)28(33-16-34)25(31)14-20/h7-10,13-15,17H,2-6,11-12H2,1H3. The molecule has 0 bridgehead atoms. The fraction of sp³-hybridized carbons (Fsp3) is 0.321. The van der Waals surface area contributed by atoms with E-state index in [0.717, 1.165) is 43.4 Å². The van der Waals surface area contributed by atoms with Gasteiger partial charge in [-0.3, -0.25) is 0 Å². The molecule has 0 saturated carbocycles. The fourth-order valence-corrected chi connectivity index (χ4v) is 4.92. The number of hydrogen-bond donors (Lipinski definition) is 0. The van der Waals surface area contributed by atoms with Crippen molar-refractivity contribution < 1.29 is 17.6 Å². The molecule has 0 fully saturated rings. The predicted molar refractivity (Wildman–Crippen MR) is 131 cm³/mol. The molecule has 34 heavy (non-hydrogen) atoms. The second kappa shape index (κ2) is 10.6. The van der Waals surface area contributed by atoms with Crippen LogP contribution in [-0.4, -0.2) is 5.16 Å². The van der Waals surface area contributed by atoms with E-state index in [1.54, 1.807) is 24.3 Å². The molecule has 1 nitrogen and oxygen atoms in total. The number of isothiocyanates is 1. The van der Waals surface area contributed by atoms with E-state index in [1.807, 2.05) is 5.16 Å². The summed E-state index contributed by atoms with van der Waals surface area (Å²) in [5, 5.41) is 1.95. The van der Waals surface area contributed by atoms with Crippen LogP contribution in [0.3, 0.4) is 0 Å². The molecule has 1 aliphatic rings. The third-order valence-electron chi connectivity index (χ3n) is 6.62. The minimum atomic E-state index is -0.865. The molecule has 0 N–H and O–H groups in total. The molecule has 6 heteroatoms. The Morgan fingerprint density at radius 1 is 0.912 bits per heavy atom. The van der Waals surface area contributed by atoms with E-state index >= 15 is 8.78 Å². The first kappa shape index (κ1) is 24.3. The number of unbranched alkanes of at least 4 members (excludes halogenated alkanes) is 2. The average Bonchev–Trinajstić information content (AvgIpc) is 2.82. The minimum absolute atomic E-state index is 0.0576. The van der Waals surface area contributed by atoms with Crippen LogP contribution in [0.15, 0.2) is 47.5 Å². The monoisotopic (exact) mass is 483 g/mol. The topological polar surface area (TPSA) is 12.4 Å². The second-order valence-electron chi connectivity index (χ2n) is 8.86. The second-order valence-corrected chi connectivity index (χ2v) is 9.04. The normalized spacial score (nSPS) is 15.0. The highest BCUT2D eigenvalue weighted by Crippen LogP contribution is 2.37. The van der Waals surface area contributed by atoms with Crippen molar-refractivity contribution in [2.45, 2.75) is 51.9 Å². The van der Waals surface area contributed by atoms with E-state index in [2.05, 4.69) is 24.1 Å². The molecule has 0 radical (unpaired) electrons. The van der Waals surface area contributed by atoms with Gasteiger partial charge in [0.05, 0.1) is 10.7 Å². The molecule has 3 aromatic rings. The number of aliphatic imine (C=N–C) groups is 1. The molecule has 3 aromatic carbocycles. The van der Waals surface area contributed by atoms with Gasteiger partial charge in [-0.25, -0.2) is 17.6 Å². The number of fused-ring (bicyclic) bond motifs is 1. The van der Waals surface area contributed by atoms with Crippen LogP contribution in [0.1, 0.15) is 50.2 Å². The van der Waals surface area contributed by atoms with Gasteiger partial charge in [-0.2, -0.15) is 4.99 Å². The first-order valence-electron chi connectivity index (χ1n) is 11.6. The van der Waals surface area contributed by atoms with Crippen molar-refractivity contribution in [3.63, 3.8) is 0 Å². The van der Waals surface area contributed by atoms with Crippen molar-refractivity contribution in [2.24, 2.45) is 10.9 Å². The van der Waals surface area contributed by atoms with Gasteiger partial charge in [0.25, 0.3) is 0 Å². The smallest absolute Gasteiger partial charge is 0.153 e. The van der Waals surface area contributed by atoms with Gasteiger partial charge in [-0.05, 0) is 83.4 Å². The van der Waals surface area contributed by atoms with Crippen molar-refractivity contribution in [3.05, 3.63) is 76.9 Å². The van der Waals surface area contributed by atoms with Gasteiger partial charge >= 0.3 is 0 Å². The first-order chi connectivity index (χ1) is 16.4. The summed E-state index contributed by atoms with van der Waals surface area (Å²) < 4.78 is 58.8. The molecule has 0 aliphatic heterocycles. The molecule has 0 aromatic heterocycles. The Kier molecular flexibility index (Phi) is 7.60. The van der Waals surface area contributed by atoms with Crippen LogP contribution >= 0.6 is 12.2 Å². The first-order valence-corrected chi connectivity index (χ1v) is 12.0. The van der Waals surface area contributed by atoms with E-state index in [4.69, 9.17) is 0 Å². The van der Waals surface area contributed by atoms with E-state index in [9.17, 15) is 8.78 Å². The largest absolute Gasteiger partial charge is 0.206 e. The molecule has 0 saturated heterocycles. The van der Waals surface area contributed by atoms with Crippen LogP contribution in [0.5, 0.6) is 0 Å². The predicted octanol–water partition coefficient (Wildman–Crippen LogP) is 9.00. The minimum Gasteiger partial charge on any atom is -0.206 e. The molecular formula is C28H25F4NS. The summed E-state index contributed by atoms with van der Waals surface area (Å²) in [6.45, 7) is 2.17. The van der Waals surface area contributed by atoms with Crippen molar-refractivity contribution >= 4 is 23.1 Å². The molecular weight excluding hydrogens is 458 g/mol. The molecule has 1 atom stereocenters. The lowest BCUT2D eigenvalue weighted by atomic mass is 9.80. The third-order valence-corrected chi connectivity index (χ3v) is 6.71. The number of nitrogens with zero attached hydrogens (tertiary/aromatic N) is 1. The number of hydrogen-bond acceptors (Lipinski definition) is 2. The number of thiocarbonyl (C=S) groups is 1. The van der Waals surface area contributed by atoms with Crippen LogP contribution in [0.4, 0.5) is 23.2 Å². The van der Waals surface area contributed by atoms with E-state index in [-0.39, 0.29) is 11.1 Å². The van der Waals surface area contributed by atoms with Gasteiger partial charge in [0.1, 0.15) is 17.3 Å². The molecule has 176 valence electrons. The Hall–Kier alpha value is -2.82.